The van der Waals surface area contributed by atoms with E-state index in [1.165, 1.54) is 12.8 Å². The first kappa shape index (κ1) is 13.2. The van der Waals surface area contributed by atoms with E-state index >= 15 is 0 Å². The summed E-state index contributed by atoms with van der Waals surface area (Å²) in [5.74, 6) is 0.542. The van der Waals surface area contributed by atoms with Crippen LogP contribution in [-0.4, -0.2) is 12.6 Å². The van der Waals surface area contributed by atoms with E-state index in [9.17, 15) is 0 Å². The van der Waals surface area contributed by atoms with Gasteiger partial charge in [-0.1, -0.05) is 39.0 Å². The summed E-state index contributed by atoms with van der Waals surface area (Å²) in [4.78, 5) is 0. The van der Waals surface area contributed by atoms with Crippen LogP contribution in [0.15, 0.2) is 24.4 Å². The van der Waals surface area contributed by atoms with Crippen molar-refractivity contribution < 1.29 is 0 Å². The van der Waals surface area contributed by atoms with Crippen molar-refractivity contribution in [2.45, 2.75) is 39.7 Å². The summed E-state index contributed by atoms with van der Waals surface area (Å²) in [5, 5.41) is 3.33. The lowest BCUT2D eigenvalue weighted by Crippen LogP contribution is -2.33. The van der Waals surface area contributed by atoms with Crippen molar-refractivity contribution in [3.05, 3.63) is 24.4 Å². The van der Waals surface area contributed by atoms with Gasteiger partial charge >= 0.3 is 0 Å². The third kappa shape index (κ3) is 6.72. The fourth-order valence-electron chi connectivity index (χ4n) is 1.12. The SMILES string of the molecule is C=C(N)CNC(C)C(C)/C=C\CCC. The molecule has 0 spiro atoms. The molecule has 0 saturated heterocycles. The number of nitrogens with two attached hydrogens (primary N) is 1. The first-order chi connectivity index (χ1) is 6.57. The zero-order chi connectivity index (χ0) is 11.0. The van der Waals surface area contributed by atoms with Crippen molar-refractivity contribution in [1.29, 1.82) is 0 Å². The number of nitrogens with one attached hydrogen (secondary N) is 1. The Kier molecular flexibility index (Phi) is 7.21. The summed E-state index contributed by atoms with van der Waals surface area (Å²) in [6, 6.07) is 0.448. The topological polar surface area (TPSA) is 38.0 Å². The molecule has 0 rings (SSSR count). The molecule has 0 aromatic carbocycles. The normalized spacial score (nSPS) is 15.6. The van der Waals surface area contributed by atoms with Gasteiger partial charge in [0.25, 0.3) is 0 Å². The van der Waals surface area contributed by atoms with E-state index < -0.39 is 0 Å². The van der Waals surface area contributed by atoms with Crippen LogP contribution in [0.4, 0.5) is 0 Å². The molecule has 0 aliphatic rings. The molecule has 0 aromatic rings. The fourth-order valence-corrected chi connectivity index (χ4v) is 1.12. The second-order valence-electron chi connectivity index (χ2n) is 3.90. The van der Waals surface area contributed by atoms with E-state index in [-0.39, 0.29) is 0 Å². The second kappa shape index (κ2) is 7.63. The molecular weight excluding hydrogens is 172 g/mol. The summed E-state index contributed by atoms with van der Waals surface area (Å²) in [6.45, 7) is 10.9. The van der Waals surface area contributed by atoms with Crippen molar-refractivity contribution in [2.24, 2.45) is 11.7 Å². The molecular formula is C12H24N2. The maximum atomic E-state index is 5.49. The Balaban J connectivity index is 3.74. The molecule has 82 valence electrons. The van der Waals surface area contributed by atoms with Gasteiger partial charge in [0.05, 0.1) is 0 Å². The van der Waals surface area contributed by atoms with Crippen molar-refractivity contribution in [1.82, 2.24) is 5.32 Å². The fraction of sp³-hybridized carbons (Fsp3) is 0.667. The van der Waals surface area contributed by atoms with E-state index in [1.54, 1.807) is 0 Å². The minimum absolute atomic E-state index is 0.448. The molecule has 0 aromatic heterocycles. The average Bonchev–Trinajstić information content (AvgIpc) is 2.14. The molecule has 3 N–H and O–H groups in total. The highest BCUT2D eigenvalue weighted by Crippen LogP contribution is 2.05. The molecule has 2 heteroatoms. The molecule has 0 bridgehead atoms. The zero-order valence-corrected chi connectivity index (χ0v) is 9.72. The first-order valence-corrected chi connectivity index (χ1v) is 5.41. The van der Waals surface area contributed by atoms with Crippen LogP contribution in [0, 0.1) is 5.92 Å². The lowest BCUT2D eigenvalue weighted by atomic mass is 10.0. The van der Waals surface area contributed by atoms with E-state index in [4.69, 9.17) is 5.73 Å². The van der Waals surface area contributed by atoms with Gasteiger partial charge in [-0.2, -0.15) is 0 Å². The Morgan fingerprint density at radius 3 is 2.64 bits per heavy atom. The number of rotatable bonds is 7. The highest BCUT2D eigenvalue weighted by Gasteiger charge is 2.07. The molecule has 2 atom stereocenters. The van der Waals surface area contributed by atoms with Crippen LogP contribution in [0.5, 0.6) is 0 Å². The average molecular weight is 196 g/mol. The van der Waals surface area contributed by atoms with E-state index in [2.05, 4.69) is 44.8 Å². The van der Waals surface area contributed by atoms with Gasteiger partial charge in [0.2, 0.25) is 0 Å². The first-order valence-electron chi connectivity index (χ1n) is 5.41. The summed E-state index contributed by atoms with van der Waals surface area (Å²) >= 11 is 0. The van der Waals surface area contributed by atoms with Gasteiger partial charge in [-0.15, -0.1) is 0 Å². The standard InChI is InChI=1S/C12H24N2/c1-5-6-7-8-10(2)12(4)14-9-11(3)13/h7-8,10,12,14H,3,5-6,9,13H2,1-2,4H3/b8-7-. The summed E-state index contributed by atoms with van der Waals surface area (Å²) < 4.78 is 0. The predicted octanol–water partition coefficient (Wildman–Crippen LogP) is 2.43. The van der Waals surface area contributed by atoms with E-state index in [0.29, 0.717) is 24.2 Å². The molecule has 0 fully saturated rings. The van der Waals surface area contributed by atoms with Crippen LogP contribution in [0.2, 0.25) is 0 Å². The van der Waals surface area contributed by atoms with Crippen LogP contribution in [0.1, 0.15) is 33.6 Å². The molecule has 0 aliphatic heterocycles. The van der Waals surface area contributed by atoms with Crippen LogP contribution in [0.3, 0.4) is 0 Å². The second-order valence-corrected chi connectivity index (χ2v) is 3.90. The molecule has 0 heterocycles. The molecule has 0 radical (unpaired) electrons. The van der Waals surface area contributed by atoms with Gasteiger partial charge in [0.15, 0.2) is 0 Å². The Labute approximate surface area is 88.3 Å². The third-order valence-electron chi connectivity index (χ3n) is 2.33. The van der Waals surface area contributed by atoms with Crippen molar-refractivity contribution in [3.8, 4) is 0 Å². The number of unbranched alkanes of at least 4 members (excludes halogenated alkanes) is 1. The van der Waals surface area contributed by atoms with Gasteiger partial charge in [0.1, 0.15) is 0 Å². The smallest absolute Gasteiger partial charge is 0.0348 e. The highest BCUT2D eigenvalue weighted by atomic mass is 14.9. The van der Waals surface area contributed by atoms with Crippen molar-refractivity contribution in [2.75, 3.05) is 6.54 Å². The number of hydrogen-bond acceptors (Lipinski definition) is 2. The molecule has 2 unspecified atom stereocenters. The Morgan fingerprint density at radius 2 is 2.14 bits per heavy atom. The number of hydrogen-bond donors (Lipinski definition) is 2. The molecule has 0 saturated carbocycles. The van der Waals surface area contributed by atoms with Crippen LogP contribution >= 0.6 is 0 Å². The van der Waals surface area contributed by atoms with Gasteiger partial charge in [-0.3, -0.25) is 0 Å². The van der Waals surface area contributed by atoms with Crippen LogP contribution < -0.4 is 11.1 Å². The maximum absolute atomic E-state index is 5.49. The summed E-state index contributed by atoms with van der Waals surface area (Å²) in [6.07, 6.45) is 6.89. The maximum Gasteiger partial charge on any atom is 0.0348 e. The highest BCUT2D eigenvalue weighted by molar-refractivity contribution is 4.94. The van der Waals surface area contributed by atoms with E-state index in [1.807, 2.05) is 0 Å². The van der Waals surface area contributed by atoms with Crippen molar-refractivity contribution >= 4 is 0 Å². The van der Waals surface area contributed by atoms with Gasteiger partial charge in [-0.25, -0.2) is 0 Å². The van der Waals surface area contributed by atoms with Gasteiger partial charge in [0, 0.05) is 18.3 Å². The minimum atomic E-state index is 0.448. The largest absolute Gasteiger partial charge is 0.401 e. The molecule has 0 aliphatic carbocycles. The zero-order valence-electron chi connectivity index (χ0n) is 9.72. The third-order valence-corrected chi connectivity index (χ3v) is 2.33. The Morgan fingerprint density at radius 1 is 1.50 bits per heavy atom. The van der Waals surface area contributed by atoms with Crippen LogP contribution in [-0.2, 0) is 0 Å². The summed E-state index contributed by atoms with van der Waals surface area (Å²) in [7, 11) is 0. The lowest BCUT2D eigenvalue weighted by Gasteiger charge is -2.18. The molecule has 0 amide bonds. The lowest BCUT2D eigenvalue weighted by molar-refractivity contribution is 0.475. The Bertz CT molecular complexity index is 185. The minimum Gasteiger partial charge on any atom is -0.401 e. The molecule has 2 nitrogen and oxygen atoms in total. The molecule has 14 heavy (non-hydrogen) atoms. The van der Waals surface area contributed by atoms with Gasteiger partial charge < -0.3 is 11.1 Å². The monoisotopic (exact) mass is 196 g/mol. The van der Waals surface area contributed by atoms with Gasteiger partial charge in [-0.05, 0) is 19.3 Å². The quantitative estimate of drug-likeness (QED) is 0.614. The van der Waals surface area contributed by atoms with E-state index in [0.717, 1.165) is 0 Å². The number of allylic oxidation sites excluding steroid dienone is 1. The summed E-state index contributed by atoms with van der Waals surface area (Å²) in [5.41, 5.74) is 6.18. The predicted molar refractivity (Wildman–Crippen MR) is 64.0 cm³/mol. The van der Waals surface area contributed by atoms with Crippen LogP contribution in [0.25, 0.3) is 0 Å². The van der Waals surface area contributed by atoms with Crippen molar-refractivity contribution in [3.63, 3.8) is 0 Å². The Hall–Kier alpha value is -0.760.